The number of hydrogen-bond donors (Lipinski definition) is 0. The number of benzene rings is 1. The second-order valence-corrected chi connectivity index (χ2v) is 9.82. The number of pyridine rings is 1. The number of thioether (sulfide) groups is 1. The van der Waals surface area contributed by atoms with Crippen LogP contribution in [0.25, 0.3) is 0 Å². The first-order valence-corrected chi connectivity index (χ1v) is 11.6. The van der Waals surface area contributed by atoms with Gasteiger partial charge in [0.05, 0.1) is 16.9 Å². The number of ether oxygens (including phenoxy) is 1. The predicted molar refractivity (Wildman–Crippen MR) is 109 cm³/mol. The van der Waals surface area contributed by atoms with Crippen LogP contribution in [0.4, 0.5) is 0 Å². The third-order valence-corrected chi connectivity index (χ3v) is 7.46. The molecular formula is C20H24N2O4S2. The van der Waals surface area contributed by atoms with Crippen LogP contribution in [0, 0.1) is 0 Å². The summed E-state index contributed by atoms with van der Waals surface area (Å²) in [5.41, 5.74) is 0.608. The summed E-state index contributed by atoms with van der Waals surface area (Å²) in [5.74, 6) is 0.722. The van der Waals surface area contributed by atoms with E-state index in [2.05, 4.69) is 4.98 Å². The molecule has 28 heavy (non-hydrogen) atoms. The van der Waals surface area contributed by atoms with Gasteiger partial charge in [-0.15, -0.1) is 0 Å². The molecule has 2 aromatic rings. The summed E-state index contributed by atoms with van der Waals surface area (Å²) in [7, 11) is -3.47. The van der Waals surface area contributed by atoms with Crippen molar-refractivity contribution < 1.29 is 17.9 Å². The number of sulfonamides is 1. The van der Waals surface area contributed by atoms with Gasteiger partial charge in [-0.25, -0.2) is 13.4 Å². The second kappa shape index (κ2) is 9.07. The Kier molecular flexibility index (Phi) is 6.74. The third kappa shape index (κ3) is 4.74. The molecule has 1 aromatic heterocycles. The largest absolute Gasteiger partial charge is 0.494 e. The van der Waals surface area contributed by atoms with Gasteiger partial charge in [0.15, 0.2) is 5.78 Å². The summed E-state index contributed by atoms with van der Waals surface area (Å²) in [6.45, 7) is 5.43. The number of ketones is 1. The predicted octanol–water partition coefficient (Wildman–Crippen LogP) is 3.63. The van der Waals surface area contributed by atoms with Gasteiger partial charge in [-0.3, -0.25) is 4.79 Å². The second-order valence-electron chi connectivity index (χ2n) is 6.53. The van der Waals surface area contributed by atoms with Crippen LogP contribution in [0.1, 0.15) is 37.0 Å². The molecule has 2 heterocycles. The van der Waals surface area contributed by atoms with Crippen LogP contribution in [0.15, 0.2) is 52.5 Å². The molecule has 0 radical (unpaired) electrons. The van der Waals surface area contributed by atoms with Gasteiger partial charge >= 0.3 is 0 Å². The van der Waals surface area contributed by atoms with E-state index in [1.54, 1.807) is 36.4 Å². The van der Waals surface area contributed by atoms with Crippen molar-refractivity contribution >= 4 is 27.6 Å². The molecule has 1 atom stereocenters. The Hall–Kier alpha value is -1.90. The molecule has 1 aliphatic rings. The summed E-state index contributed by atoms with van der Waals surface area (Å²) in [6.07, 6.45) is 3.17. The Morgan fingerprint density at radius 2 is 1.86 bits per heavy atom. The summed E-state index contributed by atoms with van der Waals surface area (Å²) in [6, 6.07) is 10.3. The van der Waals surface area contributed by atoms with E-state index >= 15 is 0 Å². The van der Waals surface area contributed by atoms with Crippen LogP contribution in [-0.2, 0) is 10.0 Å². The number of rotatable bonds is 8. The Balaban J connectivity index is 1.65. The topological polar surface area (TPSA) is 76.6 Å². The Labute approximate surface area is 170 Å². The van der Waals surface area contributed by atoms with E-state index in [0.717, 1.165) is 18.6 Å². The number of Topliss-reactive ketones (excluding diaryl/α,β-unsaturated/α-hetero) is 1. The minimum atomic E-state index is -3.47. The van der Waals surface area contributed by atoms with Crippen LogP contribution in [0.2, 0.25) is 0 Å². The standard InChI is InChI=1S/C20H24N2O4S2/c1-3-26-17-8-6-16(7-9-17)20(23)15(2)27-19-11-10-18(14-21-19)28(24,25)22-12-4-5-13-22/h6-11,14-15H,3-5,12-13H2,1-2H3/t15-/m1/s1. The maximum absolute atomic E-state index is 12.6. The molecule has 0 unspecified atom stereocenters. The first-order chi connectivity index (χ1) is 13.4. The normalized spacial score (nSPS) is 16.1. The monoisotopic (exact) mass is 420 g/mol. The summed E-state index contributed by atoms with van der Waals surface area (Å²) in [5, 5.41) is 0.277. The lowest BCUT2D eigenvalue weighted by Gasteiger charge is -2.15. The molecule has 150 valence electrons. The molecule has 1 aromatic carbocycles. The van der Waals surface area contributed by atoms with Crippen molar-refractivity contribution in [1.82, 2.24) is 9.29 Å². The molecule has 6 nitrogen and oxygen atoms in total. The average Bonchev–Trinajstić information content (AvgIpc) is 3.24. The molecule has 3 rings (SSSR count). The molecule has 0 saturated carbocycles. The molecule has 1 aliphatic heterocycles. The van der Waals surface area contributed by atoms with Gasteiger partial charge in [-0.05, 0) is 63.1 Å². The van der Waals surface area contributed by atoms with E-state index in [0.29, 0.717) is 30.3 Å². The maximum Gasteiger partial charge on any atom is 0.244 e. The van der Waals surface area contributed by atoms with E-state index in [1.165, 1.54) is 22.3 Å². The highest BCUT2D eigenvalue weighted by Crippen LogP contribution is 2.27. The fraction of sp³-hybridized carbons (Fsp3) is 0.400. The number of carbonyl (C=O) groups is 1. The van der Waals surface area contributed by atoms with Gasteiger partial charge in [0, 0.05) is 24.8 Å². The van der Waals surface area contributed by atoms with Crippen LogP contribution < -0.4 is 4.74 Å². The van der Waals surface area contributed by atoms with Crippen molar-refractivity contribution in [3.8, 4) is 5.75 Å². The average molecular weight is 421 g/mol. The van der Waals surface area contributed by atoms with Crippen molar-refractivity contribution in [2.75, 3.05) is 19.7 Å². The zero-order valence-electron chi connectivity index (χ0n) is 16.0. The SMILES string of the molecule is CCOc1ccc(C(=O)[C@@H](C)Sc2ccc(S(=O)(=O)N3CCCC3)cn2)cc1. The third-order valence-electron chi connectivity index (χ3n) is 4.53. The van der Waals surface area contributed by atoms with E-state index in [9.17, 15) is 13.2 Å². The summed E-state index contributed by atoms with van der Waals surface area (Å²) < 4.78 is 32.0. The maximum atomic E-state index is 12.6. The smallest absolute Gasteiger partial charge is 0.244 e. The zero-order valence-corrected chi connectivity index (χ0v) is 17.6. The van der Waals surface area contributed by atoms with Gasteiger partial charge in [0.2, 0.25) is 10.0 Å². The summed E-state index contributed by atoms with van der Waals surface area (Å²) in [4.78, 5) is 17.1. The van der Waals surface area contributed by atoms with Crippen LogP contribution in [-0.4, -0.2) is 48.4 Å². The Morgan fingerprint density at radius 1 is 1.18 bits per heavy atom. The van der Waals surface area contributed by atoms with Crippen molar-refractivity contribution in [3.63, 3.8) is 0 Å². The summed E-state index contributed by atoms with van der Waals surface area (Å²) >= 11 is 1.31. The van der Waals surface area contributed by atoms with Crippen molar-refractivity contribution in [1.29, 1.82) is 0 Å². The lowest BCUT2D eigenvalue weighted by molar-refractivity contribution is 0.0994. The quantitative estimate of drug-likeness (QED) is 0.479. The Morgan fingerprint density at radius 3 is 2.43 bits per heavy atom. The highest BCUT2D eigenvalue weighted by atomic mass is 32.2. The van der Waals surface area contributed by atoms with Crippen LogP contribution >= 0.6 is 11.8 Å². The van der Waals surface area contributed by atoms with E-state index in [4.69, 9.17) is 4.74 Å². The van der Waals surface area contributed by atoms with E-state index in [1.807, 2.05) is 13.8 Å². The van der Waals surface area contributed by atoms with Crippen molar-refractivity contribution in [2.24, 2.45) is 0 Å². The Bertz CT molecular complexity index is 906. The molecule has 0 N–H and O–H groups in total. The first-order valence-electron chi connectivity index (χ1n) is 9.31. The van der Waals surface area contributed by atoms with Crippen molar-refractivity contribution in [3.05, 3.63) is 48.2 Å². The lowest BCUT2D eigenvalue weighted by atomic mass is 10.1. The number of aromatic nitrogens is 1. The molecular weight excluding hydrogens is 396 g/mol. The molecule has 8 heteroatoms. The van der Waals surface area contributed by atoms with Gasteiger partial charge in [0.25, 0.3) is 0 Å². The first kappa shape index (κ1) is 20.8. The molecule has 0 aliphatic carbocycles. The number of carbonyl (C=O) groups excluding carboxylic acids is 1. The fourth-order valence-corrected chi connectivity index (χ4v) is 5.35. The van der Waals surface area contributed by atoms with Gasteiger partial charge in [0.1, 0.15) is 10.6 Å². The fourth-order valence-electron chi connectivity index (χ4n) is 3.02. The number of hydrogen-bond acceptors (Lipinski definition) is 6. The highest BCUT2D eigenvalue weighted by molar-refractivity contribution is 8.00. The van der Waals surface area contributed by atoms with E-state index < -0.39 is 10.0 Å². The molecule has 1 fully saturated rings. The molecule has 1 saturated heterocycles. The zero-order chi connectivity index (χ0) is 20.1. The molecule has 0 bridgehead atoms. The van der Waals surface area contributed by atoms with Crippen LogP contribution in [0.5, 0.6) is 5.75 Å². The minimum absolute atomic E-state index is 0.0105. The van der Waals surface area contributed by atoms with Gasteiger partial charge in [-0.2, -0.15) is 4.31 Å². The van der Waals surface area contributed by atoms with Crippen LogP contribution in [0.3, 0.4) is 0 Å². The molecule has 0 amide bonds. The highest BCUT2D eigenvalue weighted by Gasteiger charge is 2.27. The van der Waals surface area contributed by atoms with Gasteiger partial charge < -0.3 is 4.74 Å². The number of nitrogens with zero attached hydrogens (tertiary/aromatic N) is 2. The minimum Gasteiger partial charge on any atom is -0.494 e. The van der Waals surface area contributed by atoms with Crippen molar-refractivity contribution in [2.45, 2.75) is 41.9 Å². The lowest BCUT2D eigenvalue weighted by Crippen LogP contribution is -2.27. The van der Waals surface area contributed by atoms with E-state index in [-0.39, 0.29) is 15.9 Å². The van der Waals surface area contributed by atoms with Gasteiger partial charge in [-0.1, -0.05) is 11.8 Å². The molecule has 0 spiro atoms.